The summed E-state index contributed by atoms with van der Waals surface area (Å²) in [5.41, 5.74) is 4.51. The number of aliphatic hydroxyl groups excluding tert-OH is 2. The van der Waals surface area contributed by atoms with Crippen molar-refractivity contribution in [3.8, 4) is 0 Å². The van der Waals surface area contributed by atoms with Gasteiger partial charge < -0.3 is 24.5 Å². The molecule has 8 heteroatoms. The summed E-state index contributed by atoms with van der Waals surface area (Å²) in [5.74, 6) is -0.299. The number of rotatable bonds is 10. The number of hydrogen-bond acceptors (Lipinski definition) is 7. The Balaban J connectivity index is 1.75. The lowest BCUT2D eigenvalue weighted by Crippen LogP contribution is -2.45. The van der Waals surface area contributed by atoms with Crippen LogP contribution in [-0.2, 0) is 25.5 Å². The van der Waals surface area contributed by atoms with E-state index in [-0.39, 0.29) is 19.0 Å². The van der Waals surface area contributed by atoms with Gasteiger partial charge in [0, 0.05) is 17.9 Å². The predicted octanol–water partition coefficient (Wildman–Crippen LogP) is 4.59. The van der Waals surface area contributed by atoms with Crippen molar-refractivity contribution >= 4 is 23.3 Å². The van der Waals surface area contributed by atoms with E-state index >= 15 is 0 Å². The van der Waals surface area contributed by atoms with Gasteiger partial charge in [0.2, 0.25) is 0 Å². The summed E-state index contributed by atoms with van der Waals surface area (Å²) in [7, 11) is 1.53. The third kappa shape index (κ3) is 7.27. The molecule has 2 N–H and O–H groups in total. The van der Waals surface area contributed by atoms with E-state index in [1.807, 2.05) is 44.2 Å². The van der Waals surface area contributed by atoms with Gasteiger partial charge in [-0.2, -0.15) is 0 Å². The monoisotopic (exact) mass is 503 g/mol. The van der Waals surface area contributed by atoms with Crippen LogP contribution in [0.1, 0.15) is 67.9 Å². The molecule has 1 heterocycles. The average Bonchev–Trinajstić information content (AvgIpc) is 2.85. The molecule has 3 rings (SSSR count). The summed E-state index contributed by atoms with van der Waals surface area (Å²) in [6.45, 7) is 3.96. The topological polar surface area (TPSA) is 97.6 Å². The third-order valence-electron chi connectivity index (χ3n) is 6.05. The number of halogens is 1. The summed E-state index contributed by atoms with van der Waals surface area (Å²) >= 11 is 6.49. The Labute approximate surface area is 211 Å². The van der Waals surface area contributed by atoms with Crippen molar-refractivity contribution < 1.29 is 29.3 Å². The molecule has 0 amide bonds. The van der Waals surface area contributed by atoms with Crippen LogP contribution in [-0.4, -0.2) is 53.9 Å². The largest absolute Gasteiger partial charge is 0.463 e. The van der Waals surface area contributed by atoms with Crippen LogP contribution >= 0.6 is 11.6 Å². The first-order valence-corrected chi connectivity index (χ1v) is 12.4. The molecular formula is C27H34ClNO6. The van der Waals surface area contributed by atoms with Gasteiger partial charge in [0.05, 0.1) is 17.9 Å². The van der Waals surface area contributed by atoms with E-state index in [0.717, 1.165) is 28.8 Å². The fourth-order valence-corrected chi connectivity index (χ4v) is 4.36. The maximum absolute atomic E-state index is 11.7. The molecule has 35 heavy (non-hydrogen) atoms. The number of hydrogen-bond donors (Lipinski definition) is 2. The van der Waals surface area contributed by atoms with Crippen molar-refractivity contribution in [1.82, 2.24) is 0 Å². The number of carbonyl (C=O) groups excluding carboxylic acids is 1. The maximum atomic E-state index is 11.7. The van der Waals surface area contributed by atoms with Crippen molar-refractivity contribution in [2.75, 3.05) is 13.7 Å². The van der Waals surface area contributed by atoms with Gasteiger partial charge in [0.1, 0.15) is 25.9 Å². The van der Waals surface area contributed by atoms with Gasteiger partial charge in [-0.05, 0) is 47.6 Å². The summed E-state index contributed by atoms with van der Waals surface area (Å²) in [6, 6.07) is 13.5. The van der Waals surface area contributed by atoms with Gasteiger partial charge in [-0.15, -0.1) is 0 Å². The summed E-state index contributed by atoms with van der Waals surface area (Å²) < 4.78 is 11.3. The van der Waals surface area contributed by atoms with E-state index in [1.54, 1.807) is 12.1 Å². The Morgan fingerprint density at radius 1 is 1.17 bits per heavy atom. The highest BCUT2D eigenvalue weighted by atomic mass is 35.5. The van der Waals surface area contributed by atoms with Crippen molar-refractivity contribution in [2.45, 2.75) is 70.4 Å². The molecule has 0 saturated carbocycles. The van der Waals surface area contributed by atoms with Crippen LogP contribution in [0.15, 0.2) is 47.6 Å². The Bertz CT molecular complexity index is 1010. The number of nitrogens with zero attached hydrogens (tertiary/aromatic N) is 1. The normalized spacial score (nSPS) is 22.6. The minimum absolute atomic E-state index is 0.0397. The predicted molar refractivity (Wildman–Crippen MR) is 135 cm³/mol. The Kier molecular flexibility index (Phi) is 10.1. The molecular weight excluding hydrogens is 470 g/mol. The number of benzene rings is 2. The van der Waals surface area contributed by atoms with Crippen molar-refractivity contribution in [3.05, 3.63) is 69.7 Å². The van der Waals surface area contributed by atoms with Gasteiger partial charge in [0.25, 0.3) is 0 Å². The molecule has 0 bridgehead atoms. The standard InChI is InChI=1S/C27H34ClNO6/c1-4-6-25(31)34-16-21-15-24(30)26(32)27(35-21)19-11-12-22(28)20(14-19)13-17-7-9-18(10-8-17)23(5-2)29-33-3/h7-12,14,21,24,26-27,30,32H,4-6,13,15-16H2,1-3H3. The number of aliphatic hydroxyl groups is 2. The second-order valence-electron chi connectivity index (χ2n) is 8.70. The van der Waals surface area contributed by atoms with E-state index in [1.165, 1.54) is 7.11 Å². The molecule has 1 aliphatic rings. The van der Waals surface area contributed by atoms with Crippen LogP contribution in [0, 0.1) is 0 Å². The number of oxime groups is 1. The van der Waals surface area contributed by atoms with Gasteiger partial charge in [0.15, 0.2) is 0 Å². The zero-order chi connectivity index (χ0) is 25.4. The molecule has 1 aliphatic heterocycles. The quantitative estimate of drug-likeness (QED) is 0.279. The molecule has 7 nitrogen and oxygen atoms in total. The fourth-order valence-electron chi connectivity index (χ4n) is 4.17. The SMILES string of the molecule is CCCC(=O)OCC1CC(O)C(O)C(c2ccc(Cl)c(Cc3ccc(C(CC)=NOC)cc3)c2)O1. The van der Waals surface area contributed by atoms with E-state index in [4.69, 9.17) is 25.9 Å². The lowest BCUT2D eigenvalue weighted by atomic mass is 9.91. The summed E-state index contributed by atoms with van der Waals surface area (Å²) in [5, 5.41) is 25.7. The zero-order valence-corrected chi connectivity index (χ0v) is 21.2. The average molecular weight is 504 g/mol. The highest BCUT2D eigenvalue weighted by molar-refractivity contribution is 6.31. The molecule has 0 radical (unpaired) electrons. The first-order chi connectivity index (χ1) is 16.9. The van der Waals surface area contributed by atoms with Crippen molar-refractivity contribution in [2.24, 2.45) is 5.16 Å². The first kappa shape index (κ1) is 27.1. The Hall–Kier alpha value is -2.45. The van der Waals surface area contributed by atoms with Crippen LogP contribution in [0.25, 0.3) is 0 Å². The highest BCUT2D eigenvalue weighted by Gasteiger charge is 2.38. The molecule has 1 saturated heterocycles. The van der Waals surface area contributed by atoms with Gasteiger partial charge in [-0.25, -0.2) is 0 Å². The molecule has 1 fully saturated rings. The smallest absolute Gasteiger partial charge is 0.305 e. The number of carbonyl (C=O) groups is 1. The minimum atomic E-state index is -1.10. The minimum Gasteiger partial charge on any atom is -0.463 e. The Morgan fingerprint density at radius 3 is 2.57 bits per heavy atom. The second kappa shape index (κ2) is 13.0. The highest BCUT2D eigenvalue weighted by Crippen LogP contribution is 2.34. The van der Waals surface area contributed by atoms with Crippen LogP contribution in [0.4, 0.5) is 0 Å². The molecule has 2 aromatic carbocycles. The number of ether oxygens (including phenoxy) is 2. The number of esters is 1. The maximum Gasteiger partial charge on any atom is 0.305 e. The van der Waals surface area contributed by atoms with Gasteiger partial charge in [-0.1, -0.05) is 67.0 Å². The molecule has 4 atom stereocenters. The summed E-state index contributed by atoms with van der Waals surface area (Å²) in [4.78, 5) is 16.6. The third-order valence-corrected chi connectivity index (χ3v) is 6.42. The van der Waals surface area contributed by atoms with E-state index in [0.29, 0.717) is 29.8 Å². The molecule has 0 spiro atoms. The molecule has 0 aliphatic carbocycles. The first-order valence-electron chi connectivity index (χ1n) is 12.0. The molecule has 190 valence electrons. The lowest BCUT2D eigenvalue weighted by Gasteiger charge is -2.37. The lowest BCUT2D eigenvalue weighted by molar-refractivity contribution is -0.188. The van der Waals surface area contributed by atoms with Crippen LogP contribution in [0.3, 0.4) is 0 Å². The van der Waals surface area contributed by atoms with Gasteiger partial charge >= 0.3 is 5.97 Å². The fraction of sp³-hybridized carbons (Fsp3) is 0.481. The Morgan fingerprint density at radius 2 is 1.91 bits per heavy atom. The molecule has 4 unspecified atom stereocenters. The van der Waals surface area contributed by atoms with E-state index < -0.39 is 24.4 Å². The zero-order valence-electron chi connectivity index (χ0n) is 20.4. The van der Waals surface area contributed by atoms with Crippen molar-refractivity contribution in [1.29, 1.82) is 0 Å². The van der Waals surface area contributed by atoms with Crippen molar-refractivity contribution in [3.63, 3.8) is 0 Å². The van der Waals surface area contributed by atoms with Crippen LogP contribution in [0.2, 0.25) is 5.02 Å². The second-order valence-corrected chi connectivity index (χ2v) is 9.11. The molecule has 0 aromatic heterocycles. The van der Waals surface area contributed by atoms with E-state index in [2.05, 4.69) is 5.16 Å². The molecule has 2 aromatic rings. The van der Waals surface area contributed by atoms with E-state index in [9.17, 15) is 15.0 Å². The van der Waals surface area contributed by atoms with Gasteiger partial charge in [-0.3, -0.25) is 4.79 Å². The van der Waals surface area contributed by atoms with Crippen LogP contribution in [0.5, 0.6) is 0 Å². The van der Waals surface area contributed by atoms with Crippen LogP contribution < -0.4 is 0 Å². The summed E-state index contributed by atoms with van der Waals surface area (Å²) in [6.07, 6.45) is -0.788.